The van der Waals surface area contributed by atoms with E-state index >= 15 is 0 Å². The van der Waals surface area contributed by atoms with Gasteiger partial charge in [-0.3, -0.25) is 0 Å². The van der Waals surface area contributed by atoms with Crippen LogP contribution in [0.2, 0.25) is 0 Å². The smallest absolute Gasteiger partial charge is 0.138 e. The van der Waals surface area contributed by atoms with Gasteiger partial charge in [-0.2, -0.15) is 0 Å². The van der Waals surface area contributed by atoms with E-state index in [0.29, 0.717) is 5.82 Å². The minimum atomic E-state index is -0.146. The molecule has 0 bridgehead atoms. The van der Waals surface area contributed by atoms with Crippen molar-refractivity contribution < 1.29 is 4.74 Å². The summed E-state index contributed by atoms with van der Waals surface area (Å²) in [5.41, 5.74) is 6.36. The van der Waals surface area contributed by atoms with Crippen molar-refractivity contribution in [3.8, 4) is 5.75 Å². The quantitative estimate of drug-likeness (QED) is 0.852. The average molecular weight is 215 g/mol. The number of benzene rings is 1. The lowest BCUT2D eigenvalue weighted by Crippen LogP contribution is -2.06. The minimum Gasteiger partial charge on any atom is -0.484 e. The first kappa shape index (κ1) is 10.4. The fourth-order valence-electron chi connectivity index (χ4n) is 1.37. The van der Waals surface area contributed by atoms with Crippen LogP contribution in [0.5, 0.6) is 5.75 Å². The monoisotopic (exact) mass is 215 g/mol. The van der Waals surface area contributed by atoms with Gasteiger partial charge in [-0.05, 0) is 19.1 Å². The van der Waals surface area contributed by atoms with E-state index in [1.54, 1.807) is 6.07 Å². The summed E-state index contributed by atoms with van der Waals surface area (Å²) < 4.78 is 5.71. The van der Waals surface area contributed by atoms with Gasteiger partial charge in [0.1, 0.15) is 24.0 Å². The maximum atomic E-state index is 5.71. The predicted molar refractivity (Wildman–Crippen MR) is 61.9 cm³/mol. The lowest BCUT2D eigenvalue weighted by atomic mass is 10.2. The highest BCUT2D eigenvalue weighted by Gasteiger charge is 2.08. The van der Waals surface area contributed by atoms with E-state index in [0.717, 1.165) is 11.4 Å². The Bertz CT molecular complexity index is 459. The number of nitrogens with two attached hydrogens (primary N) is 1. The third-order valence-corrected chi connectivity index (χ3v) is 2.18. The molecule has 0 saturated heterocycles. The maximum Gasteiger partial charge on any atom is 0.138 e. The normalized spacial score (nSPS) is 12.1. The molecule has 0 aliphatic carbocycles. The fraction of sp³-hybridized carbons (Fsp3) is 0.167. The number of nitrogens with zero attached hydrogens (tertiary/aromatic N) is 2. The number of aromatic nitrogens is 2. The van der Waals surface area contributed by atoms with Crippen LogP contribution in [0, 0.1) is 0 Å². The van der Waals surface area contributed by atoms with Crippen LogP contribution in [0.1, 0.15) is 18.7 Å². The van der Waals surface area contributed by atoms with Crippen molar-refractivity contribution in [3.63, 3.8) is 0 Å². The Morgan fingerprint density at radius 2 is 1.94 bits per heavy atom. The third-order valence-electron chi connectivity index (χ3n) is 2.18. The molecule has 1 heterocycles. The molecule has 2 rings (SSSR count). The first-order valence-corrected chi connectivity index (χ1v) is 5.05. The minimum absolute atomic E-state index is 0.146. The SMILES string of the molecule is CC(Oc1ccccc1)c1cc(N)ncn1. The molecule has 1 aromatic heterocycles. The van der Waals surface area contributed by atoms with Gasteiger partial charge in [-0.25, -0.2) is 9.97 Å². The van der Waals surface area contributed by atoms with Crippen molar-refractivity contribution >= 4 is 5.82 Å². The van der Waals surface area contributed by atoms with E-state index in [1.807, 2.05) is 37.3 Å². The molecule has 0 fully saturated rings. The van der Waals surface area contributed by atoms with Crippen LogP contribution in [-0.2, 0) is 0 Å². The van der Waals surface area contributed by atoms with Crippen molar-refractivity contribution in [2.75, 3.05) is 5.73 Å². The number of hydrogen-bond acceptors (Lipinski definition) is 4. The standard InChI is InChI=1S/C12H13N3O/c1-9(11-7-12(13)15-8-14-11)16-10-5-3-2-4-6-10/h2-9H,1H3,(H2,13,14,15). The second kappa shape index (κ2) is 4.61. The second-order valence-corrected chi connectivity index (χ2v) is 3.44. The highest BCUT2D eigenvalue weighted by Crippen LogP contribution is 2.19. The first-order chi connectivity index (χ1) is 7.75. The second-order valence-electron chi connectivity index (χ2n) is 3.44. The van der Waals surface area contributed by atoms with Gasteiger partial charge in [0, 0.05) is 6.07 Å². The average Bonchev–Trinajstić information content (AvgIpc) is 2.30. The van der Waals surface area contributed by atoms with Crippen LogP contribution in [0.25, 0.3) is 0 Å². The van der Waals surface area contributed by atoms with Gasteiger partial charge in [-0.1, -0.05) is 18.2 Å². The Morgan fingerprint density at radius 1 is 1.19 bits per heavy atom. The van der Waals surface area contributed by atoms with Crippen molar-refractivity contribution in [2.24, 2.45) is 0 Å². The number of anilines is 1. The fourth-order valence-corrected chi connectivity index (χ4v) is 1.37. The van der Waals surface area contributed by atoms with Crippen molar-refractivity contribution in [1.82, 2.24) is 9.97 Å². The van der Waals surface area contributed by atoms with Crippen LogP contribution < -0.4 is 10.5 Å². The molecule has 16 heavy (non-hydrogen) atoms. The van der Waals surface area contributed by atoms with Crippen LogP contribution in [0.3, 0.4) is 0 Å². The molecule has 2 N–H and O–H groups in total. The van der Waals surface area contributed by atoms with Crippen molar-refractivity contribution in [3.05, 3.63) is 48.4 Å². The Balaban J connectivity index is 2.12. The van der Waals surface area contributed by atoms with E-state index in [4.69, 9.17) is 10.5 Å². The molecule has 4 nitrogen and oxygen atoms in total. The highest BCUT2D eigenvalue weighted by molar-refractivity contribution is 5.29. The molecule has 0 spiro atoms. The summed E-state index contributed by atoms with van der Waals surface area (Å²) in [6, 6.07) is 11.3. The molecule has 4 heteroatoms. The Morgan fingerprint density at radius 3 is 2.62 bits per heavy atom. The van der Waals surface area contributed by atoms with Gasteiger partial charge in [0.2, 0.25) is 0 Å². The molecule has 0 amide bonds. The zero-order chi connectivity index (χ0) is 11.4. The van der Waals surface area contributed by atoms with Crippen molar-refractivity contribution in [1.29, 1.82) is 0 Å². The molecular weight excluding hydrogens is 202 g/mol. The molecule has 2 aromatic rings. The zero-order valence-electron chi connectivity index (χ0n) is 9.00. The number of rotatable bonds is 3. The van der Waals surface area contributed by atoms with Crippen LogP contribution in [-0.4, -0.2) is 9.97 Å². The summed E-state index contributed by atoms with van der Waals surface area (Å²) in [5, 5.41) is 0. The predicted octanol–water partition coefficient (Wildman–Crippen LogP) is 2.20. The largest absolute Gasteiger partial charge is 0.484 e. The lowest BCUT2D eigenvalue weighted by Gasteiger charge is -2.13. The molecular formula is C12H13N3O. The number of para-hydroxylation sites is 1. The lowest BCUT2D eigenvalue weighted by molar-refractivity contribution is 0.222. The Labute approximate surface area is 94.1 Å². The molecule has 82 valence electrons. The molecule has 0 aliphatic rings. The third kappa shape index (κ3) is 2.48. The highest BCUT2D eigenvalue weighted by atomic mass is 16.5. The van der Waals surface area contributed by atoms with Gasteiger partial charge in [0.05, 0.1) is 5.69 Å². The van der Waals surface area contributed by atoms with Crippen LogP contribution in [0.4, 0.5) is 5.82 Å². The maximum absolute atomic E-state index is 5.71. The van der Waals surface area contributed by atoms with E-state index in [1.165, 1.54) is 6.33 Å². The summed E-state index contributed by atoms with van der Waals surface area (Å²) in [5.74, 6) is 1.26. The summed E-state index contributed by atoms with van der Waals surface area (Å²) in [4.78, 5) is 7.96. The topological polar surface area (TPSA) is 61.0 Å². The number of ether oxygens (including phenoxy) is 1. The molecule has 1 aromatic carbocycles. The number of hydrogen-bond donors (Lipinski definition) is 1. The van der Waals surface area contributed by atoms with E-state index < -0.39 is 0 Å². The van der Waals surface area contributed by atoms with E-state index in [9.17, 15) is 0 Å². The van der Waals surface area contributed by atoms with Crippen molar-refractivity contribution in [2.45, 2.75) is 13.0 Å². The van der Waals surface area contributed by atoms with E-state index in [2.05, 4.69) is 9.97 Å². The molecule has 0 saturated carbocycles. The Kier molecular flexibility index (Phi) is 3.00. The molecule has 0 radical (unpaired) electrons. The summed E-state index contributed by atoms with van der Waals surface area (Å²) >= 11 is 0. The van der Waals surface area contributed by atoms with Gasteiger partial charge >= 0.3 is 0 Å². The first-order valence-electron chi connectivity index (χ1n) is 5.05. The van der Waals surface area contributed by atoms with Crippen LogP contribution >= 0.6 is 0 Å². The van der Waals surface area contributed by atoms with E-state index in [-0.39, 0.29) is 6.10 Å². The zero-order valence-corrected chi connectivity index (χ0v) is 9.00. The summed E-state index contributed by atoms with van der Waals surface area (Å²) in [7, 11) is 0. The summed E-state index contributed by atoms with van der Waals surface area (Å²) in [6.07, 6.45) is 1.29. The van der Waals surface area contributed by atoms with Gasteiger partial charge in [0.15, 0.2) is 0 Å². The molecule has 0 aliphatic heterocycles. The van der Waals surface area contributed by atoms with Gasteiger partial charge in [-0.15, -0.1) is 0 Å². The van der Waals surface area contributed by atoms with Gasteiger partial charge < -0.3 is 10.5 Å². The Hall–Kier alpha value is -2.10. The molecule has 1 unspecified atom stereocenters. The summed E-state index contributed by atoms with van der Waals surface area (Å²) in [6.45, 7) is 1.93. The molecule has 1 atom stereocenters. The van der Waals surface area contributed by atoms with Gasteiger partial charge in [0.25, 0.3) is 0 Å². The van der Waals surface area contributed by atoms with Crippen LogP contribution in [0.15, 0.2) is 42.7 Å². The number of nitrogen functional groups attached to an aromatic ring is 1.